The Morgan fingerprint density at radius 1 is 1.27 bits per heavy atom. The van der Waals surface area contributed by atoms with Gasteiger partial charge < -0.3 is 10.6 Å². The zero-order chi connectivity index (χ0) is 16.1. The van der Waals surface area contributed by atoms with Crippen molar-refractivity contribution in [3.8, 4) is 0 Å². The molecule has 1 amide bonds. The van der Waals surface area contributed by atoms with Crippen molar-refractivity contribution >= 4 is 33.3 Å². The standard InChI is InChI=1S/C17H20BrN3O/c1-11(2)9-20-17(22)13-5-7-16(19-10-13)21-15-6-4-12(3)8-14(15)18/h4-8,10-11H,9H2,1-3H3,(H,19,21)(H,20,22). The number of nitrogens with zero attached hydrogens (tertiary/aromatic N) is 1. The highest BCUT2D eigenvalue weighted by Gasteiger charge is 2.07. The van der Waals surface area contributed by atoms with Crippen molar-refractivity contribution in [3.05, 3.63) is 52.1 Å². The first-order chi connectivity index (χ1) is 10.5. The van der Waals surface area contributed by atoms with E-state index in [4.69, 9.17) is 0 Å². The van der Waals surface area contributed by atoms with E-state index in [1.807, 2.05) is 25.1 Å². The monoisotopic (exact) mass is 361 g/mol. The maximum atomic E-state index is 11.9. The molecule has 1 aromatic heterocycles. The average molecular weight is 362 g/mol. The summed E-state index contributed by atoms with van der Waals surface area (Å²) < 4.78 is 0.980. The largest absolute Gasteiger partial charge is 0.352 e. The van der Waals surface area contributed by atoms with Crippen molar-refractivity contribution in [2.24, 2.45) is 5.92 Å². The van der Waals surface area contributed by atoms with Gasteiger partial charge in [-0.2, -0.15) is 0 Å². The van der Waals surface area contributed by atoms with E-state index in [9.17, 15) is 4.79 Å². The summed E-state index contributed by atoms with van der Waals surface area (Å²) in [5.41, 5.74) is 2.69. The first-order valence-corrected chi connectivity index (χ1v) is 8.02. The van der Waals surface area contributed by atoms with E-state index in [1.165, 1.54) is 5.56 Å². The number of pyridine rings is 1. The van der Waals surface area contributed by atoms with Crippen LogP contribution in [0.5, 0.6) is 0 Å². The van der Waals surface area contributed by atoms with Crippen LogP contribution in [0.15, 0.2) is 41.0 Å². The average Bonchev–Trinajstić information content (AvgIpc) is 2.48. The van der Waals surface area contributed by atoms with Gasteiger partial charge in [0, 0.05) is 17.2 Å². The molecule has 22 heavy (non-hydrogen) atoms. The van der Waals surface area contributed by atoms with Crippen LogP contribution in [0.4, 0.5) is 11.5 Å². The number of halogens is 1. The predicted molar refractivity (Wildman–Crippen MR) is 93.6 cm³/mol. The van der Waals surface area contributed by atoms with E-state index in [-0.39, 0.29) is 5.91 Å². The van der Waals surface area contributed by atoms with Crippen LogP contribution in [0.3, 0.4) is 0 Å². The molecule has 116 valence electrons. The molecule has 0 aliphatic heterocycles. The van der Waals surface area contributed by atoms with Gasteiger partial charge in [0.15, 0.2) is 0 Å². The molecular weight excluding hydrogens is 342 g/mol. The zero-order valence-corrected chi connectivity index (χ0v) is 14.6. The van der Waals surface area contributed by atoms with Gasteiger partial charge in [-0.3, -0.25) is 4.79 Å². The Bertz CT molecular complexity index is 653. The second-order valence-corrected chi connectivity index (χ2v) is 6.50. The summed E-state index contributed by atoms with van der Waals surface area (Å²) in [6, 6.07) is 9.63. The summed E-state index contributed by atoms with van der Waals surface area (Å²) in [7, 11) is 0. The molecule has 0 aliphatic rings. The first-order valence-electron chi connectivity index (χ1n) is 7.23. The fourth-order valence-corrected chi connectivity index (χ4v) is 2.45. The van der Waals surface area contributed by atoms with E-state index in [2.05, 4.69) is 45.4 Å². The summed E-state index contributed by atoms with van der Waals surface area (Å²) in [6.07, 6.45) is 1.58. The minimum absolute atomic E-state index is 0.0933. The second kappa shape index (κ2) is 7.40. The lowest BCUT2D eigenvalue weighted by atomic mass is 10.2. The van der Waals surface area contributed by atoms with Gasteiger partial charge in [-0.25, -0.2) is 4.98 Å². The van der Waals surface area contributed by atoms with E-state index >= 15 is 0 Å². The van der Waals surface area contributed by atoms with Crippen LogP contribution in [-0.4, -0.2) is 17.4 Å². The van der Waals surface area contributed by atoms with Crippen molar-refractivity contribution < 1.29 is 4.79 Å². The molecule has 0 bridgehead atoms. The predicted octanol–water partition coefficient (Wildman–Crippen LogP) is 4.28. The third-order valence-electron chi connectivity index (χ3n) is 3.08. The molecule has 1 aromatic carbocycles. The minimum Gasteiger partial charge on any atom is -0.352 e. The number of nitrogens with one attached hydrogen (secondary N) is 2. The number of hydrogen-bond donors (Lipinski definition) is 2. The van der Waals surface area contributed by atoms with Crippen LogP contribution in [0.25, 0.3) is 0 Å². The molecule has 0 fully saturated rings. The van der Waals surface area contributed by atoms with Gasteiger partial charge in [0.05, 0.1) is 11.3 Å². The second-order valence-electron chi connectivity index (χ2n) is 5.64. The number of hydrogen-bond acceptors (Lipinski definition) is 3. The molecular formula is C17H20BrN3O. The molecule has 1 heterocycles. The van der Waals surface area contributed by atoms with Crippen molar-refractivity contribution in [1.82, 2.24) is 10.3 Å². The molecule has 0 saturated carbocycles. The maximum absolute atomic E-state index is 11.9. The lowest BCUT2D eigenvalue weighted by Crippen LogP contribution is -2.27. The van der Waals surface area contributed by atoms with E-state index in [0.29, 0.717) is 23.8 Å². The Hall–Kier alpha value is -1.88. The molecule has 2 rings (SSSR count). The highest BCUT2D eigenvalue weighted by molar-refractivity contribution is 9.10. The normalized spacial score (nSPS) is 10.6. The number of rotatable bonds is 5. The molecule has 0 spiro atoms. The maximum Gasteiger partial charge on any atom is 0.252 e. The minimum atomic E-state index is -0.0933. The Balaban J connectivity index is 2.04. The SMILES string of the molecule is Cc1ccc(Nc2ccc(C(=O)NCC(C)C)cn2)c(Br)c1. The highest BCUT2D eigenvalue weighted by atomic mass is 79.9. The molecule has 0 radical (unpaired) electrons. The first kappa shape index (κ1) is 16.5. The lowest BCUT2D eigenvalue weighted by Gasteiger charge is -2.10. The third-order valence-corrected chi connectivity index (χ3v) is 3.74. The Labute approximate surface area is 139 Å². The van der Waals surface area contributed by atoms with Gasteiger partial charge in [-0.05, 0) is 58.6 Å². The zero-order valence-electron chi connectivity index (χ0n) is 13.0. The van der Waals surface area contributed by atoms with E-state index in [1.54, 1.807) is 18.3 Å². The van der Waals surface area contributed by atoms with Crippen LogP contribution in [0, 0.1) is 12.8 Å². The van der Waals surface area contributed by atoms with Gasteiger partial charge >= 0.3 is 0 Å². The summed E-state index contributed by atoms with van der Waals surface area (Å²) in [6.45, 7) is 6.82. The van der Waals surface area contributed by atoms with E-state index < -0.39 is 0 Å². The number of benzene rings is 1. The van der Waals surface area contributed by atoms with Gasteiger partial charge in [-0.1, -0.05) is 19.9 Å². The molecule has 0 saturated heterocycles. The van der Waals surface area contributed by atoms with Gasteiger partial charge in [-0.15, -0.1) is 0 Å². The third kappa shape index (κ3) is 4.56. The molecule has 2 N–H and O–H groups in total. The van der Waals surface area contributed by atoms with Crippen molar-refractivity contribution in [3.63, 3.8) is 0 Å². The molecule has 0 aliphatic carbocycles. The lowest BCUT2D eigenvalue weighted by molar-refractivity contribution is 0.0948. The number of aromatic nitrogens is 1. The quantitative estimate of drug-likeness (QED) is 0.835. The summed E-state index contributed by atoms with van der Waals surface area (Å²) in [5.74, 6) is 1.03. The molecule has 0 unspecified atom stereocenters. The van der Waals surface area contributed by atoms with Crippen molar-refractivity contribution in [2.45, 2.75) is 20.8 Å². The molecule has 5 heteroatoms. The van der Waals surface area contributed by atoms with E-state index in [0.717, 1.165) is 10.2 Å². The number of carbonyl (C=O) groups is 1. The number of anilines is 2. The summed E-state index contributed by atoms with van der Waals surface area (Å²) in [5, 5.41) is 6.10. The number of amides is 1. The van der Waals surface area contributed by atoms with Gasteiger partial charge in [0.2, 0.25) is 0 Å². The smallest absolute Gasteiger partial charge is 0.252 e. The van der Waals surface area contributed by atoms with Gasteiger partial charge in [0.1, 0.15) is 5.82 Å². The Kier molecular flexibility index (Phi) is 5.55. The molecule has 4 nitrogen and oxygen atoms in total. The fourth-order valence-electron chi connectivity index (χ4n) is 1.86. The topological polar surface area (TPSA) is 54.0 Å². The molecule has 2 aromatic rings. The van der Waals surface area contributed by atoms with Crippen LogP contribution < -0.4 is 10.6 Å². The van der Waals surface area contributed by atoms with Crippen LogP contribution in [-0.2, 0) is 0 Å². The highest BCUT2D eigenvalue weighted by Crippen LogP contribution is 2.26. The number of aryl methyl sites for hydroxylation is 1. The Morgan fingerprint density at radius 2 is 2.05 bits per heavy atom. The molecule has 0 atom stereocenters. The van der Waals surface area contributed by atoms with Crippen LogP contribution in [0.2, 0.25) is 0 Å². The fraction of sp³-hybridized carbons (Fsp3) is 0.294. The van der Waals surface area contributed by atoms with Crippen molar-refractivity contribution in [1.29, 1.82) is 0 Å². The summed E-state index contributed by atoms with van der Waals surface area (Å²) in [4.78, 5) is 16.2. The van der Waals surface area contributed by atoms with Gasteiger partial charge in [0.25, 0.3) is 5.91 Å². The summed E-state index contributed by atoms with van der Waals surface area (Å²) >= 11 is 3.52. The number of carbonyl (C=O) groups excluding carboxylic acids is 1. The van der Waals surface area contributed by atoms with Crippen molar-refractivity contribution in [2.75, 3.05) is 11.9 Å². The Morgan fingerprint density at radius 3 is 2.64 bits per heavy atom. The van der Waals surface area contributed by atoms with Crippen LogP contribution in [0.1, 0.15) is 29.8 Å². The van der Waals surface area contributed by atoms with Crippen LogP contribution >= 0.6 is 15.9 Å².